The van der Waals surface area contributed by atoms with Gasteiger partial charge in [0.05, 0.1) is 12.1 Å². The first-order valence-corrected chi connectivity index (χ1v) is 10.4. The second-order valence-electron chi connectivity index (χ2n) is 6.94. The van der Waals surface area contributed by atoms with E-state index in [1.807, 2.05) is 27.3 Å². The molecule has 1 aliphatic heterocycles. The number of amides is 3. The van der Waals surface area contributed by atoms with Gasteiger partial charge in [0.2, 0.25) is 5.91 Å². The number of halogens is 3. The molecule has 2 aromatic rings. The maximum atomic E-state index is 12.9. The highest BCUT2D eigenvalue weighted by atomic mass is 32.1. The molecular weight excluding hydrogens is 417 g/mol. The van der Waals surface area contributed by atoms with Crippen molar-refractivity contribution in [3.05, 3.63) is 52.2 Å². The van der Waals surface area contributed by atoms with Crippen molar-refractivity contribution in [3.63, 3.8) is 0 Å². The number of urea groups is 1. The fourth-order valence-corrected chi connectivity index (χ4v) is 3.92. The molecule has 0 saturated carbocycles. The minimum Gasteiger partial charge on any atom is -0.369 e. The van der Waals surface area contributed by atoms with Gasteiger partial charge in [0, 0.05) is 43.3 Å². The number of carbonyl (C=O) groups is 2. The third-order valence-electron chi connectivity index (χ3n) is 4.77. The van der Waals surface area contributed by atoms with Crippen LogP contribution in [-0.4, -0.2) is 56.1 Å². The van der Waals surface area contributed by atoms with Crippen LogP contribution in [-0.2, 0) is 17.4 Å². The van der Waals surface area contributed by atoms with E-state index in [4.69, 9.17) is 0 Å². The van der Waals surface area contributed by atoms with Crippen LogP contribution in [0.3, 0.4) is 0 Å². The minimum absolute atomic E-state index is 0.0643. The first kappa shape index (κ1) is 22.1. The average molecular weight is 440 g/mol. The topological polar surface area (TPSA) is 64.7 Å². The Bertz CT molecular complexity index is 850. The molecule has 1 fully saturated rings. The Hall–Kier alpha value is -2.59. The number of hydrogen-bond acceptors (Lipinski definition) is 5. The van der Waals surface area contributed by atoms with Crippen LogP contribution >= 0.6 is 11.3 Å². The van der Waals surface area contributed by atoms with Gasteiger partial charge in [-0.2, -0.15) is 13.2 Å². The summed E-state index contributed by atoms with van der Waals surface area (Å²) in [5.41, 5.74) is -0.161. The van der Waals surface area contributed by atoms with Crippen LogP contribution < -0.4 is 15.5 Å². The predicted octanol–water partition coefficient (Wildman–Crippen LogP) is 2.96. The average Bonchev–Trinajstić information content (AvgIpc) is 3.21. The van der Waals surface area contributed by atoms with E-state index >= 15 is 0 Å². The van der Waals surface area contributed by atoms with Gasteiger partial charge in [-0.25, -0.2) is 4.79 Å². The lowest BCUT2D eigenvalue weighted by molar-refractivity contribution is -0.137. The van der Waals surface area contributed by atoms with E-state index in [0.717, 1.165) is 17.0 Å². The molecule has 6 nitrogen and oxygen atoms in total. The van der Waals surface area contributed by atoms with E-state index in [1.165, 1.54) is 6.07 Å². The second kappa shape index (κ2) is 9.94. The van der Waals surface area contributed by atoms with Gasteiger partial charge in [-0.15, -0.1) is 11.3 Å². The van der Waals surface area contributed by atoms with Gasteiger partial charge in [-0.3, -0.25) is 15.0 Å². The standard InChI is InChI=1S/C20H23F3N4O2S/c21-20(22,23)15-3-1-4-16(13-15)27-10-8-26(9-11-27)14-18(28)25-19(29)24-7-6-17-5-2-12-30-17/h1-5,12-13H,6-11,14H2,(H2,24,25,28,29). The highest BCUT2D eigenvalue weighted by Gasteiger charge is 2.31. The van der Waals surface area contributed by atoms with Gasteiger partial charge in [-0.05, 0) is 36.1 Å². The molecule has 0 aliphatic carbocycles. The monoisotopic (exact) mass is 440 g/mol. The number of hydrogen-bond donors (Lipinski definition) is 2. The fourth-order valence-electron chi connectivity index (χ4n) is 3.21. The summed E-state index contributed by atoms with van der Waals surface area (Å²) in [6.45, 7) is 2.54. The summed E-state index contributed by atoms with van der Waals surface area (Å²) in [5.74, 6) is -0.406. The number of nitrogens with one attached hydrogen (secondary N) is 2. The van der Waals surface area contributed by atoms with Crippen molar-refractivity contribution in [1.29, 1.82) is 0 Å². The molecule has 2 N–H and O–H groups in total. The van der Waals surface area contributed by atoms with Crippen LogP contribution in [0.5, 0.6) is 0 Å². The van der Waals surface area contributed by atoms with E-state index in [-0.39, 0.29) is 6.54 Å². The Morgan fingerprint density at radius 3 is 2.50 bits per heavy atom. The molecule has 0 spiro atoms. The van der Waals surface area contributed by atoms with E-state index in [2.05, 4.69) is 10.6 Å². The van der Waals surface area contributed by atoms with Crippen LogP contribution in [0.25, 0.3) is 0 Å². The predicted molar refractivity (Wildman–Crippen MR) is 110 cm³/mol. The van der Waals surface area contributed by atoms with E-state index in [0.29, 0.717) is 44.8 Å². The molecule has 1 aromatic carbocycles. The second-order valence-corrected chi connectivity index (χ2v) is 7.98. The lowest BCUT2D eigenvalue weighted by atomic mass is 10.1. The Morgan fingerprint density at radius 1 is 1.07 bits per heavy atom. The fraction of sp³-hybridized carbons (Fsp3) is 0.400. The number of nitrogens with zero attached hydrogens (tertiary/aromatic N) is 2. The quantitative estimate of drug-likeness (QED) is 0.725. The Morgan fingerprint density at radius 2 is 1.83 bits per heavy atom. The summed E-state index contributed by atoms with van der Waals surface area (Å²) >= 11 is 1.61. The molecule has 3 rings (SSSR count). The maximum absolute atomic E-state index is 12.9. The van der Waals surface area contributed by atoms with Gasteiger partial charge < -0.3 is 10.2 Å². The molecule has 0 radical (unpaired) electrons. The van der Waals surface area contributed by atoms with Crippen molar-refractivity contribution in [3.8, 4) is 0 Å². The van der Waals surface area contributed by atoms with Gasteiger partial charge in [0.15, 0.2) is 0 Å². The van der Waals surface area contributed by atoms with Crippen molar-refractivity contribution < 1.29 is 22.8 Å². The SMILES string of the molecule is O=C(CN1CCN(c2cccc(C(F)(F)F)c2)CC1)NC(=O)NCCc1cccs1. The Labute approximate surface area is 176 Å². The molecule has 1 aliphatic rings. The van der Waals surface area contributed by atoms with Crippen LogP contribution in [0.1, 0.15) is 10.4 Å². The van der Waals surface area contributed by atoms with Crippen LogP contribution in [0.4, 0.5) is 23.7 Å². The first-order valence-electron chi connectivity index (χ1n) is 9.56. The van der Waals surface area contributed by atoms with E-state index in [9.17, 15) is 22.8 Å². The number of piperazine rings is 1. The number of carbonyl (C=O) groups excluding carboxylic acids is 2. The molecule has 3 amide bonds. The van der Waals surface area contributed by atoms with Gasteiger partial charge in [0.25, 0.3) is 0 Å². The number of alkyl halides is 3. The van der Waals surface area contributed by atoms with Crippen LogP contribution in [0.15, 0.2) is 41.8 Å². The number of benzene rings is 1. The number of anilines is 1. The van der Waals surface area contributed by atoms with Gasteiger partial charge >= 0.3 is 12.2 Å². The third-order valence-corrected chi connectivity index (χ3v) is 5.70. The maximum Gasteiger partial charge on any atom is 0.416 e. The molecule has 162 valence electrons. The van der Waals surface area contributed by atoms with E-state index < -0.39 is 23.7 Å². The van der Waals surface area contributed by atoms with Crippen molar-refractivity contribution in [2.45, 2.75) is 12.6 Å². The Balaban J connectivity index is 1.39. The summed E-state index contributed by atoms with van der Waals surface area (Å²) in [4.78, 5) is 28.8. The zero-order chi connectivity index (χ0) is 21.6. The number of rotatable bonds is 6. The molecule has 0 atom stereocenters. The largest absolute Gasteiger partial charge is 0.416 e. The summed E-state index contributed by atoms with van der Waals surface area (Å²) < 4.78 is 38.7. The molecule has 0 bridgehead atoms. The van der Waals surface area contributed by atoms with Crippen LogP contribution in [0, 0.1) is 0 Å². The summed E-state index contributed by atoms with van der Waals surface area (Å²) in [5, 5.41) is 6.92. The highest BCUT2D eigenvalue weighted by molar-refractivity contribution is 7.09. The number of imide groups is 1. The lowest BCUT2D eigenvalue weighted by Gasteiger charge is -2.35. The van der Waals surface area contributed by atoms with Crippen molar-refractivity contribution in [2.75, 3.05) is 44.2 Å². The van der Waals surface area contributed by atoms with E-state index in [1.54, 1.807) is 17.4 Å². The molecule has 30 heavy (non-hydrogen) atoms. The molecule has 2 heterocycles. The molecule has 1 aromatic heterocycles. The minimum atomic E-state index is -4.37. The van der Waals surface area contributed by atoms with Crippen molar-refractivity contribution in [1.82, 2.24) is 15.5 Å². The Kier molecular flexibility index (Phi) is 7.33. The first-order chi connectivity index (χ1) is 14.3. The number of thiophene rings is 1. The normalized spacial score (nSPS) is 15.1. The molecule has 1 saturated heterocycles. The van der Waals surface area contributed by atoms with Crippen LogP contribution in [0.2, 0.25) is 0 Å². The summed E-state index contributed by atoms with van der Waals surface area (Å²) in [7, 11) is 0. The molecule has 0 unspecified atom stereocenters. The van der Waals surface area contributed by atoms with Crippen molar-refractivity contribution in [2.24, 2.45) is 0 Å². The third kappa shape index (κ3) is 6.46. The molecular formula is C20H23F3N4O2S. The highest BCUT2D eigenvalue weighted by Crippen LogP contribution is 2.31. The summed E-state index contributed by atoms with van der Waals surface area (Å²) in [6, 6.07) is 8.63. The smallest absolute Gasteiger partial charge is 0.369 e. The molecule has 10 heteroatoms. The summed E-state index contributed by atoms with van der Waals surface area (Å²) in [6.07, 6.45) is -3.67. The lowest BCUT2D eigenvalue weighted by Crippen LogP contribution is -2.51. The van der Waals surface area contributed by atoms with Gasteiger partial charge in [0.1, 0.15) is 0 Å². The zero-order valence-corrected chi connectivity index (χ0v) is 17.1. The van der Waals surface area contributed by atoms with Crippen molar-refractivity contribution >= 4 is 29.0 Å². The zero-order valence-electron chi connectivity index (χ0n) is 16.2. The van der Waals surface area contributed by atoms with Gasteiger partial charge in [-0.1, -0.05) is 12.1 Å².